The Hall–Kier alpha value is -1.23. The fraction of sp³-hybridized carbons (Fsp3) is 0.600. The van der Waals surface area contributed by atoms with Crippen LogP contribution in [0.3, 0.4) is 0 Å². The third-order valence-electron chi connectivity index (χ3n) is 3.99. The van der Waals surface area contributed by atoms with Gasteiger partial charge in [0.2, 0.25) is 0 Å². The largest absolute Gasteiger partial charge is 0.488 e. The summed E-state index contributed by atoms with van der Waals surface area (Å²) in [6.45, 7) is 4.55. The van der Waals surface area contributed by atoms with Gasteiger partial charge in [0, 0.05) is 6.26 Å². The molecule has 5 heteroatoms. The zero-order valence-electron chi connectivity index (χ0n) is 12.3. The van der Waals surface area contributed by atoms with Gasteiger partial charge in [-0.1, -0.05) is 13.8 Å². The standard InChI is InChI=1S/C15H23NO3S/c1-15(2)8-6-11(7-9-15)19-14-5-4-12(10-13(14)16)20(3,17)18/h4-5,10-11H,6-9,16H2,1-3H3. The first kappa shape index (κ1) is 15.2. The van der Waals surface area contributed by atoms with Crippen LogP contribution in [0.25, 0.3) is 0 Å². The molecule has 1 fully saturated rings. The highest BCUT2D eigenvalue weighted by atomic mass is 32.2. The summed E-state index contributed by atoms with van der Waals surface area (Å²) in [5, 5.41) is 0. The van der Waals surface area contributed by atoms with Crippen LogP contribution in [0.1, 0.15) is 39.5 Å². The molecule has 2 rings (SSSR count). The lowest BCUT2D eigenvalue weighted by molar-refractivity contribution is 0.0993. The molecule has 1 aliphatic rings. The van der Waals surface area contributed by atoms with Crippen molar-refractivity contribution in [1.82, 2.24) is 0 Å². The summed E-state index contributed by atoms with van der Waals surface area (Å²) in [5.74, 6) is 0.585. The van der Waals surface area contributed by atoms with Gasteiger partial charge in [-0.15, -0.1) is 0 Å². The van der Waals surface area contributed by atoms with Crippen LogP contribution in [0.15, 0.2) is 23.1 Å². The van der Waals surface area contributed by atoms with E-state index in [1.54, 1.807) is 12.1 Å². The van der Waals surface area contributed by atoms with Gasteiger partial charge in [-0.3, -0.25) is 0 Å². The van der Waals surface area contributed by atoms with E-state index >= 15 is 0 Å². The smallest absolute Gasteiger partial charge is 0.175 e. The summed E-state index contributed by atoms with van der Waals surface area (Å²) in [6.07, 6.45) is 5.65. The molecule has 0 unspecified atom stereocenters. The van der Waals surface area contributed by atoms with E-state index < -0.39 is 9.84 Å². The molecule has 0 spiro atoms. The Bertz CT molecular complexity index is 583. The molecule has 2 N–H and O–H groups in total. The molecule has 0 saturated heterocycles. The highest BCUT2D eigenvalue weighted by Gasteiger charge is 2.28. The number of hydrogen-bond acceptors (Lipinski definition) is 4. The minimum Gasteiger partial charge on any atom is -0.488 e. The number of ether oxygens (including phenoxy) is 1. The Morgan fingerprint density at radius 2 is 1.85 bits per heavy atom. The van der Waals surface area contributed by atoms with Crippen LogP contribution in [-0.4, -0.2) is 20.8 Å². The minimum atomic E-state index is -3.23. The van der Waals surface area contributed by atoms with E-state index in [-0.39, 0.29) is 11.0 Å². The quantitative estimate of drug-likeness (QED) is 0.871. The molecule has 0 aliphatic heterocycles. The fourth-order valence-corrected chi connectivity index (χ4v) is 3.19. The summed E-state index contributed by atoms with van der Waals surface area (Å²) < 4.78 is 28.9. The van der Waals surface area contributed by atoms with Crippen molar-refractivity contribution in [2.45, 2.75) is 50.5 Å². The monoisotopic (exact) mass is 297 g/mol. The van der Waals surface area contributed by atoms with Crippen molar-refractivity contribution in [2.24, 2.45) is 5.41 Å². The van der Waals surface area contributed by atoms with Crippen molar-refractivity contribution in [1.29, 1.82) is 0 Å². The summed E-state index contributed by atoms with van der Waals surface area (Å²) in [4.78, 5) is 0.229. The van der Waals surface area contributed by atoms with Crippen LogP contribution in [0.2, 0.25) is 0 Å². The van der Waals surface area contributed by atoms with Gasteiger partial charge >= 0.3 is 0 Å². The zero-order chi connectivity index (χ0) is 15.0. The zero-order valence-corrected chi connectivity index (χ0v) is 13.2. The maximum atomic E-state index is 11.5. The van der Waals surface area contributed by atoms with Crippen molar-refractivity contribution < 1.29 is 13.2 Å². The molecule has 112 valence electrons. The third-order valence-corrected chi connectivity index (χ3v) is 5.10. The average molecular weight is 297 g/mol. The first-order valence-electron chi connectivity index (χ1n) is 6.94. The van der Waals surface area contributed by atoms with E-state index in [0.717, 1.165) is 25.7 Å². The fourth-order valence-electron chi connectivity index (χ4n) is 2.53. The molecule has 0 atom stereocenters. The molecular weight excluding hydrogens is 274 g/mol. The number of anilines is 1. The van der Waals surface area contributed by atoms with Gasteiger partial charge in [0.15, 0.2) is 9.84 Å². The maximum absolute atomic E-state index is 11.5. The highest BCUT2D eigenvalue weighted by molar-refractivity contribution is 7.90. The minimum absolute atomic E-state index is 0.175. The Labute approximate surface area is 121 Å². The van der Waals surface area contributed by atoms with Gasteiger partial charge < -0.3 is 10.5 Å². The first-order valence-corrected chi connectivity index (χ1v) is 8.83. The predicted octanol–water partition coefficient (Wildman–Crippen LogP) is 3.02. The van der Waals surface area contributed by atoms with Crippen LogP contribution >= 0.6 is 0 Å². The van der Waals surface area contributed by atoms with Gasteiger partial charge in [0.1, 0.15) is 5.75 Å². The Balaban J connectivity index is 2.08. The Kier molecular flexibility index (Phi) is 4.00. The summed E-state index contributed by atoms with van der Waals surface area (Å²) in [5.41, 5.74) is 6.68. The first-order chi connectivity index (χ1) is 9.17. The molecule has 0 heterocycles. The van der Waals surface area contributed by atoms with Crippen LogP contribution in [0.5, 0.6) is 5.75 Å². The van der Waals surface area contributed by atoms with Gasteiger partial charge in [0.05, 0.1) is 16.7 Å². The van der Waals surface area contributed by atoms with E-state index in [1.165, 1.54) is 12.3 Å². The molecule has 1 aromatic carbocycles. The maximum Gasteiger partial charge on any atom is 0.175 e. The third kappa shape index (κ3) is 3.66. The average Bonchev–Trinajstić information content (AvgIpc) is 2.33. The van der Waals surface area contributed by atoms with Crippen molar-refractivity contribution in [2.75, 3.05) is 12.0 Å². The van der Waals surface area contributed by atoms with Gasteiger partial charge in [-0.2, -0.15) is 0 Å². The van der Waals surface area contributed by atoms with E-state index in [0.29, 0.717) is 16.9 Å². The lowest BCUT2D eigenvalue weighted by Gasteiger charge is -2.34. The lowest BCUT2D eigenvalue weighted by atomic mass is 9.76. The second-order valence-electron chi connectivity index (χ2n) is 6.45. The molecule has 4 nitrogen and oxygen atoms in total. The van der Waals surface area contributed by atoms with Gasteiger partial charge in [-0.05, 0) is 49.3 Å². The second kappa shape index (κ2) is 5.28. The molecule has 0 aromatic heterocycles. The van der Waals surface area contributed by atoms with Crippen LogP contribution < -0.4 is 10.5 Å². The van der Waals surface area contributed by atoms with Crippen molar-refractivity contribution in [3.05, 3.63) is 18.2 Å². The number of nitrogen functional groups attached to an aromatic ring is 1. The van der Waals surface area contributed by atoms with Crippen LogP contribution in [-0.2, 0) is 9.84 Å². The molecule has 0 radical (unpaired) electrons. The van der Waals surface area contributed by atoms with E-state index in [4.69, 9.17) is 10.5 Å². The second-order valence-corrected chi connectivity index (χ2v) is 8.47. The molecule has 20 heavy (non-hydrogen) atoms. The van der Waals surface area contributed by atoms with E-state index in [1.807, 2.05) is 0 Å². The van der Waals surface area contributed by atoms with Crippen molar-refractivity contribution >= 4 is 15.5 Å². The van der Waals surface area contributed by atoms with E-state index in [2.05, 4.69) is 13.8 Å². The topological polar surface area (TPSA) is 69.4 Å². The van der Waals surface area contributed by atoms with Crippen molar-refractivity contribution in [3.8, 4) is 5.75 Å². The molecule has 0 bridgehead atoms. The highest BCUT2D eigenvalue weighted by Crippen LogP contribution is 2.37. The van der Waals surface area contributed by atoms with Crippen LogP contribution in [0.4, 0.5) is 5.69 Å². The molecule has 0 amide bonds. The number of nitrogens with two attached hydrogens (primary N) is 1. The predicted molar refractivity (Wildman–Crippen MR) is 80.6 cm³/mol. The summed E-state index contributed by atoms with van der Waals surface area (Å²) in [6, 6.07) is 4.68. The lowest BCUT2D eigenvalue weighted by Crippen LogP contribution is -2.28. The van der Waals surface area contributed by atoms with Gasteiger partial charge in [-0.25, -0.2) is 8.42 Å². The molecule has 1 saturated carbocycles. The number of hydrogen-bond donors (Lipinski definition) is 1. The molecular formula is C15H23NO3S. The number of benzene rings is 1. The molecule has 1 aromatic rings. The Morgan fingerprint density at radius 1 is 1.25 bits per heavy atom. The summed E-state index contributed by atoms with van der Waals surface area (Å²) in [7, 11) is -3.23. The SMILES string of the molecule is CC1(C)CCC(Oc2ccc(S(C)(=O)=O)cc2N)CC1. The number of rotatable bonds is 3. The number of sulfone groups is 1. The normalized spacial score (nSPS) is 19.8. The summed E-state index contributed by atoms with van der Waals surface area (Å²) >= 11 is 0. The van der Waals surface area contributed by atoms with Gasteiger partial charge in [0.25, 0.3) is 0 Å². The molecule has 1 aliphatic carbocycles. The van der Waals surface area contributed by atoms with Crippen molar-refractivity contribution in [3.63, 3.8) is 0 Å². The van der Waals surface area contributed by atoms with Crippen LogP contribution in [0, 0.1) is 5.41 Å². The van der Waals surface area contributed by atoms with E-state index in [9.17, 15) is 8.42 Å². The Morgan fingerprint density at radius 3 is 2.35 bits per heavy atom.